The monoisotopic (exact) mass is 423 g/mol. The minimum Gasteiger partial charge on any atom is -0.494 e. The molecule has 0 N–H and O–H groups in total. The van der Waals surface area contributed by atoms with Crippen LogP contribution < -0.4 is 4.74 Å². The maximum Gasteiger partial charge on any atom is 0.268 e. The number of nitrogens with zero attached hydrogens (tertiary/aromatic N) is 3. The van der Waals surface area contributed by atoms with Crippen molar-refractivity contribution < 1.29 is 14.1 Å². The van der Waals surface area contributed by atoms with E-state index in [4.69, 9.17) is 9.26 Å². The Morgan fingerprint density at radius 2 is 2.13 bits per heavy atom. The zero-order valence-corrected chi connectivity index (χ0v) is 17.9. The second-order valence-corrected chi connectivity index (χ2v) is 9.08. The number of thiophene rings is 1. The first-order valence-corrected chi connectivity index (χ1v) is 11.5. The van der Waals surface area contributed by atoms with Gasteiger partial charge in [0.05, 0.1) is 11.5 Å². The van der Waals surface area contributed by atoms with Crippen molar-refractivity contribution in [3.05, 3.63) is 52.2 Å². The first-order valence-electron chi connectivity index (χ1n) is 10.6. The van der Waals surface area contributed by atoms with Gasteiger partial charge in [0.25, 0.3) is 5.89 Å². The second-order valence-electron chi connectivity index (χ2n) is 7.94. The van der Waals surface area contributed by atoms with Crippen LogP contribution in [0.1, 0.15) is 53.9 Å². The summed E-state index contributed by atoms with van der Waals surface area (Å²) in [7, 11) is 0. The number of hydrogen-bond acceptors (Lipinski definition) is 6. The molecule has 1 atom stereocenters. The molecule has 0 bridgehead atoms. The lowest BCUT2D eigenvalue weighted by Crippen LogP contribution is -2.24. The molecule has 1 unspecified atom stereocenters. The van der Waals surface area contributed by atoms with Crippen LogP contribution in [0.15, 0.2) is 34.9 Å². The fourth-order valence-corrected chi connectivity index (χ4v) is 5.51. The Hall–Kier alpha value is -2.67. The van der Waals surface area contributed by atoms with E-state index in [1.165, 1.54) is 23.3 Å². The van der Waals surface area contributed by atoms with E-state index in [9.17, 15) is 4.79 Å². The summed E-state index contributed by atoms with van der Waals surface area (Å²) in [4.78, 5) is 21.7. The van der Waals surface area contributed by atoms with E-state index in [0.717, 1.165) is 29.0 Å². The van der Waals surface area contributed by atoms with Crippen LogP contribution >= 0.6 is 11.3 Å². The summed E-state index contributed by atoms with van der Waals surface area (Å²) in [5, 5.41) is 4.22. The van der Waals surface area contributed by atoms with Gasteiger partial charge in [-0.25, -0.2) is 0 Å². The molecule has 30 heavy (non-hydrogen) atoms. The van der Waals surface area contributed by atoms with Gasteiger partial charge < -0.3 is 14.2 Å². The van der Waals surface area contributed by atoms with Gasteiger partial charge in [0.2, 0.25) is 5.91 Å². The molecule has 3 heterocycles. The molecule has 7 heteroatoms. The topological polar surface area (TPSA) is 68.5 Å². The SMILES string of the molecule is CCOc1ccccc1CN1CC(c2noc(-c3cc4c(s3)CCCC4)n2)CC1=O. The molecule has 1 fully saturated rings. The summed E-state index contributed by atoms with van der Waals surface area (Å²) >= 11 is 1.77. The van der Waals surface area contributed by atoms with Crippen molar-refractivity contribution in [1.82, 2.24) is 15.0 Å². The van der Waals surface area contributed by atoms with Gasteiger partial charge in [-0.1, -0.05) is 23.4 Å². The first kappa shape index (κ1) is 19.3. The smallest absolute Gasteiger partial charge is 0.268 e. The van der Waals surface area contributed by atoms with Crippen LogP contribution in [0.5, 0.6) is 5.75 Å². The molecular weight excluding hydrogens is 398 g/mol. The number of para-hydroxylation sites is 1. The number of amides is 1. The molecule has 1 amide bonds. The van der Waals surface area contributed by atoms with Crippen LogP contribution in [0.4, 0.5) is 0 Å². The Labute approximate surface area is 179 Å². The number of rotatable bonds is 6. The van der Waals surface area contributed by atoms with Crippen LogP contribution in [0.3, 0.4) is 0 Å². The first-order chi connectivity index (χ1) is 14.7. The molecule has 0 saturated carbocycles. The predicted octanol–water partition coefficient (Wildman–Crippen LogP) is 4.59. The second kappa shape index (κ2) is 8.22. The summed E-state index contributed by atoms with van der Waals surface area (Å²) in [5.41, 5.74) is 2.45. The van der Waals surface area contributed by atoms with Crippen molar-refractivity contribution in [3.63, 3.8) is 0 Å². The molecule has 1 aliphatic heterocycles. The van der Waals surface area contributed by atoms with Gasteiger partial charge in [-0.05, 0) is 50.3 Å². The number of benzene rings is 1. The Kier molecular flexibility index (Phi) is 5.29. The van der Waals surface area contributed by atoms with Gasteiger partial charge in [0, 0.05) is 35.9 Å². The van der Waals surface area contributed by atoms with Crippen LogP contribution in [-0.4, -0.2) is 34.1 Å². The Balaban J connectivity index is 1.30. The number of ether oxygens (including phenoxy) is 1. The number of carbonyl (C=O) groups is 1. The highest BCUT2D eigenvalue weighted by atomic mass is 32.1. The van der Waals surface area contributed by atoms with E-state index < -0.39 is 0 Å². The Morgan fingerprint density at radius 3 is 3.00 bits per heavy atom. The molecule has 2 aromatic heterocycles. The molecular formula is C23H25N3O3S. The molecule has 5 rings (SSSR count). The molecule has 6 nitrogen and oxygen atoms in total. The summed E-state index contributed by atoms with van der Waals surface area (Å²) < 4.78 is 11.3. The van der Waals surface area contributed by atoms with E-state index in [0.29, 0.717) is 37.8 Å². The lowest BCUT2D eigenvalue weighted by molar-refractivity contribution is -0.128. The lowest BCUT2D eigenvalue weighted by Gasteiger charge is -2.18. The number of fused-ring (bicyclic) bond motifs is 1. The number of aryl methyl sites for hydroxylation is 2. The molecule has 0 radical (unpaired) electrons. The number of hydrogen-bond donors (Lipinski definition) is 0. The molecule has 3 aromatic rings. The van der Waals surface area contributed by atoms with E-state index in [1.54, 1.807) is 11.3 Å². The molecule has 1 aromatic carbocycles. The molecule has 1 saturated heterocycles. The third-order valence-corrected chi connectivity index (χ3v) is 7.09. The quantitative estimate of drug-likeness (QED) is 0.580. The normalized spacial score (nSPS) is 18.6. The van der Waals surface area contributed by atoms with Crippen LogP contribution in [0, 0.1) is 0 Å². The van der Waals surface area contributed by atoms with Crippen LogP contribution in [-0.2, 0) is 24.2 Å². The average molecular weight is 424 g/mol. The fourth-order valence-electron chi connectivity index (χ4n) is 4.33. The molecule has 2 aliphatic rings. The summed E-state index contributed by atoms with van der Waals surface area (Å²) in [6.07, 6.45) is 5.22. The van der Waals surface area contributed by atoms with Crippen LogP contribution in [0.2, 0.25) is 0 Å². The van der Waals surface area contributed by atoms with Crippen molar-refractivity contribution in [1.29, 1.82) is 0 Å². The molecule has 1 aliphatic carbocycles. The molecule has 156 valence electrons. The maximum atomic E-state index is 12.6. The van der Waals surface area contributed by atoms with Crippen LogP contribution in [0.25, 0.3) is 10.8 Å². The van der Waals surface area contributed by atoms with E-state index >= 15 is 0 Å². The molecule has 0 spiro atoms. The fraction of sp³-hybridized carbons (Fsp3) is 0.435. The summed E-state index contributed by atoms with van der Waals surface area (Å²) in [6.45, 7) is 3.70. The average Bonchev–Trinajstić information content (AvgIpc) is 3.48. The summed E-state index contributed by atoms with van der Waals surface area (Å²) in [6, 6.07) is 10.1. The van der Waals surface area contributed by atoms with Gasteiger partial charge in [0.1, 0.15) is 5.75 Å². The minimum absolute atomic E-state index is 0.0381. The predicted molar refractivity (Wildman–Crippen MR) is 115 cm³/mol. The minimum atomic E-state index is -0.0381. The van der Waals surface area contributed by atoms with Crippen molar-refractivity contribution in [2.45, 2.75) is 51.5 Å². The number of likely N-dealkylation sites (tertiary alicyclic amines) is 1. The van der Waals surface area contributed by atoms with Gasteiger partial charge in [-0.2, -0.15) is 4.98 Å². The van der Waals surface area contributed by atoms with Gasteiger partial charge >= 0.3 is 0 Å². The van der Waals surface area contributed by atoms with Crippen molar-refractivity contribution in [3.8, 4) is 16.5 Å². The van der Waals surface area contributed by atoms with E-state index in [1.807, 2.05) is 36.1 Å². The number of aromatic nitrogens is 2. The third kappa shape index (κ3) is 3.74. The largest absolute Gasteiger partial charge is 0.494 e. The Morgan fingerprint density at radius 1 is 1.27 bits per heavy atom. The zero-order valence-electron chi connectivity index (χ0n) is 17.1. The summed E-state index contributed by atoms with van der Waals surface area (Å²) in [5.74, 6) is 2.12. The van der Waals surface area contributed by atoms with Crippen molar-refractivity contribution in [2.75, 3.05) is 13.2 Å². The van der Waals surface area contributed by atoms with E-state index in [2.05, 4.69) is 16.2 Å². The highest BCUT2D eigenvalue weighted by Crippen LogP contribution is 2.36. The van der Waals surface area contributed by atoms with Gasteiger partial charge in [-0.3, -0.25) is 4.79 Å². The lowest BCUT2D eigenvalue weighted by atomic mass is 9.99. The third-order valence-electron chi connectivity index (χ3n) is 5.86. The number of carbonyl (C=O) groups excluding carboxylic acids is 1. The van der Waals surface area contributed by atoms with Crippen molar-refractivity contribution in [2.24, 2.45) is 0 Å². The van der Waals surface area contributed by atoms with Gasteiger partial charge in [-0.15, -0.1) is 11.3 Å². The standard InChI is InChI=1S/C23H25N3O3S/c1-2-28-18-9-5-3-8-16(18)13-26-14-17(12-21(26)27)22-24-23(29-25-22)20-11-15-7-4-6-10-19(15)30-20/h3,5,8-9,11,17H,2,4,6-7,10,12-14H2,1H3. The van der Waals surface area contributed by atoms with Crippen molar-refractivity contribution >= 4 is 17.2 Å². The maximum absolute atomic E-state index is 12.6. The Bertz CT molecular complexity index is 1030. The highest BCUT2D eigenvalue weighted by molar-refractivity contribution is 7.15. The highest BCUT2D eigenvalue weighted by Gasteiger charge is 2.34. The van der Waals surface area contributed by atoms with Gasteiger partial charge in [0.15, 0.2) is 5.82 Å². The zero-order chi connectivity index (χ0) is 20.5. The van der Waals surface area contributed by atoms with E-state index in [-0.39, 0.29) is 11.8 Å².